The topological polar surface area (TPSA) is 68.0 Å². The molecule has 26 heavy (non-hydrogen) atoms. The van der Waals surface area contributed by atoms with Crippen LogP contribution >= 0.6 is 23.5 Å². The van der Waals surface area contributed by atoms with Gasteiger partial charge in [-0.3, -0.25) is 10.1 Å². The number of anilines is 1. The van der Waals surface area contributed by atoms with Gasteiger partial charge in [0.2, 0.25) is 5.89 Å². The van der Waals surface area contributed by atoms with Crippen LogP contribution in [-0.2, 0) is 6.42 Å². The lowest BCUT2D eigenvalue weighted by atomic mass is 10.1. The van der Waals surface area contributed by atoms with E-state index in [0.29, 0.717) is 17.9 Å². The SMILES string of the molecule is CCSc1ccccc1C(=O)Nc1nnc(Cc2ccc(SC)cc2)o1. The van der Waals surface area contributed by atoms with Crippen molar-refractivity contribution in [2.75, 3.05) is 17.3 Å². The number of benzene rings is 2. The van der Waals surface area contributed by atoms with Crippen molar-refractivity contribution in [1.82, 2.24) is 10.2 Å². The average Bonchev–Trinajstić information content (AvgIpc) is 3.10. The van der Waals surface area contributed by atoms with Crippen LogP contribution in [0.3, 0.4) is 0 Å². The van der Waals surface area contributed by atoms with E-state index >= 15 is 0 Å². The molecule has 0 spiro atoms. The summed E-state index contributed by atoms with van der Waals surface area (Å²) in [6.45, 7) is 2.05. The molecule has 1 heterocycles. The lowest BCUT2D eigenvalue weighted by molar-refractivity contribution is 0.102. The molecule has 7 heteroatoms. The molecule has 5 nitrogen and oxygen atoms in total. The predicted octanol–water partition coefficient (Wildman–Crippen LogP) is 4.75. The van der Waals surface area contributed by atoms with Crippen LogP contribution in [0.2, 0.25) is 0 Å². The first kappa shape index (κ1) is 18.5. The van der Waals surface area contributed by atoms with Gasteiger partial charge >= 0.3 is 6.01 Å². The number of amides is 1. The maximum atomic E-state index is 12.5. The van der Waals surface area contributed by atoms with E-state index in [1.807, 2.05) is 36.6 Å². The summed E-state index contributed by atoms with van der Waals surface area (Å²) in [5, 5.41) is 10.6. The Bertz CT molecular complexity index is 879. The molecular weight excluding hydrogens is 366 g/mol. The molecule has 1 amide bonds. The van der Waals surface area contributed by atoms with E-state index in [1.165, 1.54) is 4.90 Å². The highest BCUT2D eigenvalue weighted by Crippen LogP contribution is 2.23. The average molecular weight is 386 g/mol. The standard InChI is InChI=1S/C19H19N3O2S2/c1-3-26-16-7-5-4-6-15(16)18(23)20-19-22-21-17(24-19)12-13-8-10-14(25-2)11-9-13/h4-11H,3,12H2,1-2H3,(H,20,22,23). The smallest absolute Gasteiger partial charge is 0.322 e. The normalized spacial score (nSPS) is 10.7. The molecular formula is C19H19N3O2S2. The number of rotatable bonds is 7. The number of aromatic nitrogens is 2. The minimum atomic E-state index is -0.249. The zero-order chi connectivity index (χ0) is 18.4. The molecule has 2 aromatic carbocycles. The van der Waals surface area contributed by atoms with Crippen molar-refractivity contribution >= 4 is 35.4 Å². The highest BCUT2D eigenvalue weighted by atomic mass is 32.2. The number of hydrogen-bond acceptors (Lipinski definition) is 6. The van der Waals surface area contributed by atoms with Gasteiger partial charge in [0.1, 0.15) is 0 Å². The molecule has 1 N–H and O–H groups in total. The first-order chi connectivity index (χ1) is 12.7. The fourth-order valence-corrected chi connectivity index (χ4v) is 3.60. The van der Waals surface area contributed by atoms with Gasteiger partial charge in [-0.1, -0.05) is 36.3 Å². The van der Waals surface area contributed by atoms with Gasteiger partial charge < -0.3 is 4.42 Å². The summed E-state index contributed by atoms with van der Waals surface area (Å²) in [6, 6.07) is 15.8. The number of hydrogen-bond donors (Lipinski definition) is 1. The lowest BCUT2D eigenvalue weighted by Crippen LogP contribution is -2.13. The molecule has 0 unspecified atom stereocenters. The van der Waals surface area contributed by atoms with Gasteiger partial charge in [-0.2, -0.15) is 0 Å². The molecule has 0 bridgehead atoms. The van der Waals surface area contributed by atoms with Gasteiger partial charge in [0, 0.05) is 9.79 Å². The molecule has 3 rings (SSSR count). The van der Waals surface area contributed by atoms with E-state index in [-0.39, 0.29) is 11.9 Å². The predicted molar refractivity (Wildman–Crippen MR) is 106 cm³/mol. The van der Waals surface area contributed by atoms with Gasteiger partial charge in [0.05, 0.1) is 12.0 Å². The zero-order valence-corrected chi connectivity index (χ0v) is 16.2. The van der Waals surface area contributed by atoms with Crippen LogP contribution in [0.4, 0.5) is 6.01 Å². The van der Waals surface area contributed by atoms with Crippen LogP contribution in [0.1, 0.15) is 28.7 Å². The maximum Gasteiger partial charge on any atom is 0.322 e. The number of nitrogens with one attached hydrogen (secondary N) is 1. The number of carbonyl (C=O) groups is 1. The van der Waals surface area contributed by atoms with Crippen LogP contribution in [0.15, 0.2) is 62.7 Å². The van der Waals surface area contributed by atoms with Gasteiger partial charge in [-0.15, -0.1) is 28.6 Å². The minimum Gasteiger partial charge on any atom is -0.407 e. The Morgan fingerprint density at radius 3 is 2.62 bits per heavy atom. The zero-order valence-electron chi connectivity index (χ0n) is 14.6. The molecule has 0 aliphatic carbocycles. The lowest BCUT2D eigenvalue weighted by Gasteiger charge is -2.06. The molecule has 0 atom stereocenters. The van der Waals surface area contributed by atoms with Gasteiger partial charge in [-0.25, -0.2) is 0 Å². The highest BCUT2D eigenvalue weighted by Gasteiger charge is 2.15. The van der Waals surface area contributed by atoms with Crippen molar-refractivity contribution in [3.05, 3.63) is 65.5 Å². The molecule has 3 aromatic rings. The minimum absolute atomic E-state index is 0.113. The molecule has 0 aliphatic rings. The van der Waals surface area contributed by atoms with Crippen molar-refractivity contribution in [3.63, 3.8) is 0 Å². The molecule has 0 fully saturated rings. The van der Waals surface area contributed by atoms with E-state index in [1.54, 1.807) is 29.6 Å². The fraction of sp³-hybridized carbons (Fsp3) is 0.211. The van der Waals surface area contributed by atoms with Crippen LogP contribution in [0, 0.1) is 0 Å². The molecule has 0 aliphatic heterocycles. The van der Waals surface area contributed by atoms with Crippen molar-refractivity contribution < 1.29 is 9.21 Å². The van der Waals surface area contributed by atoms with Gasteiger partial charge in [0.15, 0.2) is 0 Å². The summed E-state index contributed by atoms with van der Waals surface area (Å²) in [5.74, 6) is 1.11. The molecule has 1 aromatic heterocycles. The summed E-state index contributed by atoms with van der Waals surface area (Å²) >= 11 is 3.32. The second-order valence-electron chi connectivity index (χ2n) is 5.41. The molecule has 0 radical (unpaired) electrons. The quantitative estimate of drug-likeness (QED) is 0.592. The second kappa shape index (κ2) is 8.91. The third kappa shape index (κ3) is 4.68. The third-order valence-corrected chi connectivity index (χ3v) is 5.33. The van der Waals surface area contributed by atoms with Crippen LogP contribution in [0.5, 0.6) is 0 Å². The van der Waals surface area contributed by atoms with Crippen LogP contribution < -0.4 is 5.32 Å². The molecule has 134 valence electrons. The Morgan fingerprint density at radius 1 is 1.12 bits per heavy atom. The fourth-order valence-electron chi connectivity index (χ4n) is 2.39. The maximum absolute atomic E-state index is 12.5. The van der Waals surface area contributed by atoms with Crippen LogP contribution in [0.25, 0.3) is 0 Å². The number of thioether (sulfide) groups is 2. The first-order valence-electron chi connectivity index (χ1n) is 8.18. The van der Waals surface area contributed by atoms with E-state index in [2.05, 4.69) is 34.6 Å². The van der Waals surface area contributed by atoms with Crippen molar-refractivity contribution in [3.8, 4) is 0 Å². The number of nitrogens with zero attached hydrogens (tertiary/aromatic N) is 2. The van der Waals surface area contributed by atoms with Gasteiger partial charge in [-0.05, 0) is 41.8 Å². The third-order valence-electron chi connectivity index (χ3n) is 3.63. The second-order valence-corrected chi connectivity index (χ2v) is 7.59. The van der Waals surface area contributed by atoms with E-state index in [0.717, 1.165) is 16.2 Å². The van der Waals surface area contributed by atoms with E-state index in [4.69, 9.17) is 4.42 Å². The van der Waals surface area contributed by atoms with Crippen molar-refractivity contribution in [2.24, 2.45) is 0 Å². The Hall–Kier alpha value is -2.25. The summed E-state index contributed by atoms with van der Waals surface area (Å²) in [4.78, 5) is 14.6. The Balaban J connectivity index is 1.67. The van der Waals surface area contributed by atoms with Crippen molar-refractivity contribution in [1.29, 1.82) is 0 Å². The summed E-state index contributed by atoms with van der Waals surface area (Å²) in [6.07, 6.45) is 2.57. The van der Waals surface area contributed by atoms with Crippen molar-refractivity contribution in [2.45, 2.75) is 23.1 Å². The summed E-state index contributed by atoms with van der Waals surface area (Å²) in [5.41, 5.74) is 1.68. The molecule has 0 saturated carbocycles. The molecule has 0 saturated heterocycles. The Labute approximate surface area is 161 Å². The van der Waals surface area contributed by atoms with Gasteiger partial charge in [0.25, 0.3) is 5.91 Å². The first-order valence-corrected chi connectivity index (χ1v) is 10.4. The highest BCUT2D eigenvalue weighted by molar-refractivity contribution is 7.99. The summed E-state index contributed by atoms with van der Waals surface area (Å²) in [7, 11) is 0. The monoisotopic (exact) mass is 385 g/mol. The van der Waals surface area contributed by atoms with E-state index < -0.39 is 0 Å². The number of carbonyl (C=O) groups excluding carboxylic acids is 1. The van der Waals surface area contributed by atoms with E-state index in [9.17, 15) is 4.79 Å². The Morgan fingerprint density at radius 2 is 1.88 bits per heavy atom. The largest absolute Gasteiger partial charge is 0.407 e. The summed E-state index contributed by atoms with van der Waals surface area (Å²) < 4.78 is 5.57. The van der Waals surface area contributed by atoms with Crippen LogP contribution in [-0.4, -0.2) is 28.1 Å². The Kier molecular flexibility index (Phi) is 6.35.